The van der Waals surface area contributed by atoms with E-state index in [1.54, 1.807) is 20.8 Å². The maximum Gasteiger partial charge on any atom is 0.336 e. The smallest absolute Gasteiger partial charge is 0.336 e. The summed E-state index contributed by atoms with van der Waals surface area (Å²) in [6.45, 7) is 8.65. The molecule has 0 fully saturated rings. The van der Waals surface area contributed by atoms with Crippen molar-refractivity contribution in [2.75, 3.05) is 0 Å². The zero-order chi connectivity index (χ0) is 18.8. The highest BCUT2D eigenvalue weighted by Gasteiger charge is 2.26. The second-order valence-electron chi connectivity index (χ2n) is 6.35. The summed E-state index contributed by atoms with van der Waals surface area (Å²) in [5.41, 5.74) is -0.308. The number of non-ortho nitro benzene ring substituents is 1. The van der Waals surface area contributed by atoms with Crippen molar-refractivity contribution in [1.82, 2.24) is 5.16 Å². The van der Waals surface area contributed by atoms with Crippen molar-refractivity contribution in [2.24, 2.45) is 0 Å². The summed E-state index contributed by atoms with van der Waals surface area (Å²) >= 11 is 0. The first-order chi connectivity index (χ1) is 11.6. The number of aliphatic hydroxyl groups is 1. The lowest BCUT2D eigenvalue weighted by Crippen LogP contribution is -2.26. The van der Waals surface area contributed by atoms with Gasteiger partial charge < -0.3 is 14.4 Å². The summed E-state index contributed by atoms with van der Waals surface area (Å²) < 4.78 is 10.3. The number of ether oxygens (including phenoxy) is 1. The Morgan fingerprint density at radius 2 is 1.96 bits per heavy atom. The third-order valence-corrected chi connectivity index (χ3v) is 3.16. The lowest BCUT2D eigenvalue weighted by atomic mass is 10.1. The molecule has 8 heteroatoms. The van der Waals surface area contributed by atoms with Gasteiger partial charge in [0.05, 0.1) is 10.5 Å². The quantitative estimate of drug-likeness (QED) is 0.382. The van der Waals surface area contributed by atoms with Gasteiger partial charge in [0.1, 0.15) is 17.4 Å². The van der Waals surface area contributed by atoms with Gasteiger partial charge in [0.15, 0.2) is 5.76 Å². The SMILES string of the molecule is C=C(C(=O)OC(C)(C)C)C(O)c1cc(-c2ccc([N+](=O)[O-])cc2)on1. The highest BCUT2D eigenvalue weighted by atomic mass is 16.6. The highest BCUT2D eigenvalue weighted by molar-refractivity contribution is 5.89. The first-order valence-corrected chi connectivity index (χ1v) is 7.40. The van der Waals surface area contributed by atoms with Crippen LogP contribution in [0.25, 0.3) is 11.3 Å². The van der Waals surface area contributed by atoms with Gasteiger partial charge >= 0.3 is 5.97 Å². The fraction of sp³-hybridized carbons (Fsp3) is 0.294. The predicted molar refractivity (Wildman–Crippen MR) is 88.5 cm³/mol. The molecule has 2 rings (SSSR count). The molecule has 0 spiro atoms. The molecule has 1 unspecified atom stereocenters. The molecule has 0 amide bonds. The minimum absolute atomic E-state index is 0.0539. The summed E-state index contributed by atoms with van der Waals surface area (Å²) in [4.78, 5) is 22.1. The summed E-state index contributed by atoms with van der Waals surface area (Å²) in [7, 11) is 0. The van der Waals surface area contributed by atoms with Crippen LogP contribution in [0.2, 0.25) is 0 Å². The van der Waals surface area contributed by atoms with Gasteiger partial charge in [0.2, 0.25) is 0 Å². The van der Waals surface area contributed by atoms with Crippen molar-refractivity contribution in [3.63, 3.8) is 0 Å². The van der Waals surface area contributed by atoms with Crippen molar-refractivity contribution >= 4 is 11.7 Å². The zero-order valence-electron chi connectivity index (χ0n) is 14.1. The number of carbonyl (C=O) groups is 1. The van der Waals surface area contributed by atoms with E-state index in [-0.39, 0.29) is 17.0 Å². The van der Waals surface area contributed by atoms with Crippen molar-refractivity contribution in [3.05, 3.63) is 58.3 Å². The van der Waals surface area contributed by atoms with Crippen LogP contribution in [0.4, 0.5) is 5.69 Å². The number of nitro benzene ring substituents is 1. The number of nitro groups is 1. The molecule has 0 saturated carbocycles. The Bertz CT molecular complexity index is 801. The number of aliphatic hydroxyl groups excluding tert-OH is 1. The fourth-order valence-corrected chi connectivity index (χ4v) is 1.93. The summed E-state index contributed by atoms with van der Waals surface area (Å²) in [6.07, 6.45) is -1.38. The van der Waals surface area contributed by atoms with E-state index in [0.29, 0.717) is 11.3 Å². The summed E-state index contributed by atoms with van der Waals surface area (Å²) in [6, 6.07) is 7.08. The topological polar surface area (TPSA) is 116 Å². The second kappa shape index (κ2) is 6.86. The van der Waals surface area contributed by atoms with E-state index >= 15 is 0 Å². The molecule has 25 heavy (non-hydrogen) atoms. The van der Waals surface area contributed by atoms with Crippen LogP contribution in [0.1, 0.15) is 32.6 Å². The van der Waals surface area contributed by atoms with Crippen LogP contribution in [0.15, 0.2) is 47.0 Å². The fourth-order valence-electron chi connectivity index (χ4n) is 1.93. The number of benzene rings is 1. The van der Waals surface area contributed by atoms with Crippen LogP contribution in [0.5, 0.6) is 0 Å². The number of rotatable bonds is 5. The van der Waals surface area contributed by atoms with Crippen LogP contribution >= 0.6 is 0 Å². The van der Waals surface area contributed by atoms with Gasteiger partial charge in [0.25, 0.3) is 5.69 Å². The number of hydrogen-bond acceptors (Lipinski definition) is 7. The first-order valence-electron chi connectivity index (χ1n) is 7.40. The molecule has 1 aromatic heterocycles. The van der Waals surface area contributed by atoms with E-state index in [2.05, 4.69) is 11.7 Å². The van der Waals surface area contributed by atoms with Crippen LogP contribution in [-0.4, -0.2) is 26.8 Å². The summed E-state index contributed by atoms with van der Waals surface area (Å²) in [5, 5.41) is 24.6. The highest BCUT2D eigenvalue weighted by Crippen LogP contribution is 2.28. The molecule has 132 valence electrons. The minimum Gasteiger partial charge on any atom is -0.457 e. The normalized spacial score (nSPS) is 12.5. The number of aromatic nitrogens is 1. The molecule has 1 N–H and O–H groups in total. The molecular weight excluding hydrogens is 328 g/mol. The molecule has 2 aromatic rings. The molecule has 0 saturated heterocycles. The Hall–Kier alpha value is -3.00. The Balaban J connectivity index is 2.15. The van der Waals surface area contributed by atoms with Gasteiger partial charge in [0, 0.05) is 23.8 Å². The van der Waals surface area contributed by atoms with E-state index in [9.17, 15) is 20.0 Å². The van der Waals surface area contributed by atoms with Crippen LogP contribution in [-0.2, 0) is 9.53 Å². The van der Waals surface area contributed by atoms with Gasteiger partial charge in [-0.3, -0.25) is 10.1 Å². The molecule has 8 nitrogen and oxygen atoms in total. The van der Waals surface area contributed by atoms with Crippen molar-refractivity contribution in [2.45, 2.75) is 32.5 Å². The number of nitrogens with zero attached hydrogens (tertiary/aromatic N) is 2. The molecule has 1 heterocycles. The Labute approximate surface area is 143 Å². The van der Waals surface area contributed by atoms with Crippen molar-refractivity contribution in [1.29, 1.82) is 0 Å². The molecule has 1 atom stereocenters. The third kappa shape index (κ3) is 4.51. The molecule has 0 aliphatic rings. The van der Waals surface area contributed by atoms with Gasteiger partial charge in [-0.25, -0.2) is 4.79 Å². The first kappa shape index (κ1) is 18.3. The average Bonchev–Trinajstić information content (AvgIpc) is 3.01. The standard InChI is InChI=1S/C17H18N2O6/c1-10(16(21)24-17(2,3)4)15(20)13-9-14(25-18-13)11-5-7-12(8-6-11)19(22)23/h5-9,15,20H,1H2,2-4H3. The Morgan fingerprint density at radius 3 is 2.48 bits per heavy atom. The molecular formula is C17H18N2O6. The van der Waals surface area contributed by atoms with E-state index in [1.807, 2.05) is 0 Å². The van der Waals surface area contributed by atoms with Gasteiger partial charge in [-0.05, 0) is 32.9 Å². The molecule has 0 radical (unpaired) electrons. The van der Waals surface area contributed by atoms with E-state index in [0.717, 1.165) is 0 Å². The molecule has 0 aliphatic carbocycles. The molecule has 0 bridgehead atoms. The second-order valence-corrected chi connectivity index (χ2v) is 6.35. The van der Waals surface area contributed by atoms with Crippen molar-refractivity contribution < 1.29 is 24.1 Å². The number of esters is 1. The predicted octanol–water partition coefficient (Wildman–Crippen LogP) is 3.18. The minimum atomic E-state index is -1.38. The van der Waals surface area contributed by atoms with E-state index in [4.69, 9.17) is 9.26 Å². The Kier molecular flexibility index (Phi) is 5.03. The monoisotopic (exact) mass is 346 g/mol. The van der Waals surface area contributed by atoms with Gasteiger partial charge in [-0.1, -0.05) is 11.7 Å². The number of carbonyl (C=O) groups excluding carboxylic acids is 1. The largest absolute Gasteiger partial charge is 0.457 e. The van der Waals surface area contributed by atoms with E-state index in [1.165, 1.54) is 30.3 Å². The van der Waals surface area contributed by atoms with Crippen LogP contribution < -0.4 is 0 Å². The van der Waals surface area contributed by atoms with Gasteiger partial charge in [-0.15, -0.1) is 0 Å². The van der Waals surface area contributed by atoms with Gasteiger partial charge in [-0.2, -0.15) is 0 Å². The van der Waals surface area contributed by atoms with E-state index < -0.39 is 22.6 Å². The average molecular weight is 346 g/mol. The lowest BCUT2D eigenvalue weighted by molar-refractivity contribution is -0.384. The zero-order valence-corrected chi connectivity index (χ0v) is 14.1. The Morgan fingerprint density at radius 1 is 1.36 bits per heavy atom. The maximum absolute atomic E-state index is 11.9. The lowest BCUT2D eigenvalue weighted by Gasteiger charge is -2.21. The molecule has 1 aromatic carbocycles. The maximum atomic E-state index is 11.9. The van der Waals surface area contributed by atoms with Crippen LogP contribution in [0.3, 0.4) is 0 Å². The number of hydrogen-bond donors (Lipinski definition) is 1. The van der Waals surface area contributed by atoms with Crippen LogP contribution in [0, 0.1) is 10.1 Å². The molecule has 0 aliphatic heterocycles. The van der Waals surface area contributed by atoms with Crippen molar-refractivity contribution in [3.8, 4) is 11.3 Å². The third-order valence-electron chi connectivity index (χ3n) is 3.16. The summed E-state index contributed by atoms with van der Waals surface area (Å²) in [5.74, 6) is -0.444.